The van der Waals surface area contributed by atoms with Gasteiger partial charge in [-0.25, -0.2) is 0 Å². The van der Waals surface area contributed by atoms with Crippen molar-refractivity contribution in [2.45, 2.75) is 0 Å². The maximum atomic E-state index is 12.1. The third-order valence-corrected chi connectivity index (χ3v) is 3.21. The maximum Gasteiger partial charge on any atom is 0.221 e. The first kappa shape index (κ1) is 13.2. The molecule has 0 radical (unpaired) electrons. The second-order valence-electron chi connectivity index (χ2n) is 4.62. The molecule has 2 aromatic carbocycles. The van der Waals surface area contributed by atoms with Crippen molar-refractivity contribution in [3.05, 3.63) is 72.0 Å². The average Bonchev–Trinajstić information content (AvgIpc) is 2.97. The van der Waals surface area contributed by atoms with Crippen LogP contribution in [-0.4, -0.2) is 12.9 Å². The SMILES string of the molecule is COc1ccc(C=CC(=O)c2cc3ccccc3o2)cc1. The van der Waals surface area contributed by atoms with Crippen LogP contribution < -0.4 is 4.74 Å². The first-order valence-electron chi connectivity index (χ1n) is 6.61. The number of hydrogen-bond acceptors (Lipinski definition) is 3. The molecule has 0 N–H and O–H groups in total. The van der Waals surface area contributed by atoms with Crippen LogP contribution in [0.5, 0.6) is 5.75 Å². The second kappa shape index (κ2) is 5.67. The first-order chi connectivity index (χ1) is 10.3. The number of carbonyl (C=O) groups is 1. The summed E-state index contributed by atoms with van der Waals surface area (Å²) < 4.78 is 10.6. The van der Waals surface area contributed by atoms with Gasteiger partial charge in [-0.05, 0) is 35.9 Å². The zero-order valence-electron chi connectivity index (χ0n) is 11.6. The molecule has 3 nitrogen and oxygen atoms in total. The van der Waals surface area contributed by atoms with Gasteiger partial charge in [0.25, 0.3) is 0 Å². The van der Waals surface area contributed by atoms with Gasteiger partial charge >= 0.3 is 0 Å². The van der Waals surface area contributed by atoms with Crippen LogP contribution >= 0.6 is 0 Å². The predicted octanol–water partition coefficient (Wildman–Crippen LogP) is 4.34. The van der Waals surface area contributed by atoms with Crippen molar-refractivity contribution in [2.24, 2.45) is 0 Å². The molecule has 0 atom stereocenters. The largest absolute Gasteiger partial charge is 0.497 e. The summed E-state index contributed by atoms with van der Waals surface area (Å²) in [7, 11) is 1.62. The molecule has 0 bridgehead atoms. The first-order valence-corrected chi connectivity index (χ1v) is 6.61. The van der Waals surface area contributed by atoms with Crippen molar-refractivity contribution in [3.63, 3.8) is 0 Å². The van der Waals surface area contributed by atoms with Crippen molar-refractivity contribution in [2.75, 3.05) is 7.11 Å². The lowest BCUT2D eigenvalue weighted by Gasteiger charge is -1.98. The summed E-state index contributed by atoms with van der Waals surface area (Å²) in [6.07, 6.45) is 3.27. The van der Waals surface area contributed by atoms with Gasteiger partial charge in [-0.3, -0.25) is 4.79 Å². The molecule has 21 heavy (non-hydrogen) atoms. The number of ketones is 1. The molecule has 3 aromatic rings. The van der Waals surface area contributed by atoms with Gasteiger partial charge in [0.15, 0.2) is 5.76 Å². The summed E-state index contributed by atoms with van der Waals surface area (Å²) >= 11 is 0. The number of benzene rings is 2. The molecule has 0 aliphatic rings. The lowest BCUT2D eigenvalue weighted by Crippen LogP contribution is -1.90. The van der Waals surface area contributed by atoms with Gasteiger partial charge < -0.3 is 9.15 Å². The molecule has 1 heterocycles. The molecule has 0 unspecified atom stereocenters. The molecule has 3 rings (SSSR count). The highest BCUT2D eigenvalue weighted by Gasteiger charge is 2.08. The van der Waals surface area contributed by atoms with E-state index in [0.717, 1.165) is 22.3 Å². The van der Waals surface area contributed by atoms with Crippen LogP contribution in [0.4, 0.5) is 0 Å². The summed E-state index contributed by atoms with van der Waals surface area (Å²) in [4.78, 5) is 12.1. The molecule has 0 spiro atoms. The van der Waals surface area contributed by atoms with Crippen LogP contribution in [0.15, 0.2) is 65.1 Å². The Morgan fingerprint density at radius 2 is 1.86 bits per heavy atom. The molecule has 104 valence electrons. The predicted molar refractivity (Wildman–Crippen MR) is 82.6 cm³/mol. The van der Waals surface area contributed by atoms with E-state index in [1.54, 1.807) is 19.3 Å². The topological polar surface area (TPSA) is 39.4 Å². The fourth-order valence-corrected chi connectivity index (χ4v) is 2.07. The van der Waals surface area contributed by atoms with E-state index >= 15 is 0 Å². The van der Waals surface area contributed by atoms with E-state index in [9.17, 15) is 4.79 Å². The van der Waals surface area contributed by atoms with E-state index in [0.29, 0.717) is 5.76 Å². The van der Waals surface area contributed by atoms with Crippen LogP contribution in [0.2, 0.25) is 0 Å². The highest BCUT2D eigenvalue weighted by molar-refractivity contribution is 6.06. The van der Waals surface area contributed by atoms with Gasteiger partial charge in [0, 0.05) is 5.39 Å². The Morgan fingerprint density at radius 1 is 1.10 bits per heavy atom. The van der Waals surface area contributed by atoms with Crippen molar-refractivity contribution >= 4 is 22.8 Å². The minimum atomic E-state index is -0.151. The number of ether oxygens (including phenoxy) is 1. The molecule has 1 aromatic heterocycles. The van der Waals surface area contributed by atoms with Gasteiger partial charge in [-0.2, -0.15) is 0 Å². The summed E-state index contributed by atoms with van der Waals surface area (Å²) in [6.45, 7) is 0. The highest BCUT2D eigenvalue weighted by atomic mass is 16.5. The van der Waals surface area contributed by atoms with Crippen LogP contribution in [0.3, 0.4) is 0 Å². The Bertz CT molecular complexity index is 762. The third-order valence-electron chi connectivity index (χ3n) is 3.21. The monoisotopic (exact) mass is 278 g/mol. The van der Waals surface area contributed by atoms with Gasteiger partial charge in [0.2, 0.25) is 5.78 Å². The standard InChI is InChI=1S/C18H14O3/c1-20-15-9-6-13(7-10-15)8-11-16(19)18-12-14-4-2-3-5-17(14)21-18/h2-12H,1H3. The number of furan rings is 1. The Kier molecular flexibility index (Phi) is 3.56. The molecular formula is C18H14O3. The van der Waals surface area contributed by atoms with Crippen molar-refractivity contribution in [1.29, 1.82) is 0 Å². The van der Waals surface area contributed by atoms with E-state index < -0.39 is 0 Å². The molecule has 0 saturated carbocycles. The minimum Gasteiger partial charge on any atom is -0.497 e. The van der Waals surface area contributed by atoms with Gasteiger partial charge in [0.1, 0.15) is 11.3 Å². The summed E-state index contributed by atoms with van der Waals surface area (Å²) in [5.74, 6) is 0.985. The van der Waals surface area contributed by atoms with Crippen molar-refractivity contribution in [3.8, 4) is 5.75 Å². The van der Waals surface area contributed by atoms with Gasteiger partial charge in [-0.1, -0.05) is 36.4 Å². The van der Waals surface area contributed by atoms with E-state index in [1.165, 1.54) is 6.08 Å². The number of hydrogen-bond donors (Lipinski definition) is 0. The lowest BCUT2D eigenvalue weighted by molar-refractivity contribution is 0.102. The summed E-state index contributed by atoms with van der Waals surface area (Å²) in [6, 6.07) is 16.8. The summed E-state index contributed by atoms with van der Waals surface area (Å²) in [5, 5.41) is 0.929. The summed E-state index contributed by atoms with van der Waals surface area (Å²) in [5.41, 5.74) is 1.65. The minimum absolute atomic E-state index is 0.151. The number of allylic oxidation sites excluding steroid dienone is 1. The smallest absolute Gasteiger partial charge is 0.221 e. The lowest BCUT2D eigenvalue weighted by atomic mass is 10.1. The quantitative estimate of drug-likeness (QED) is 0.526. The Labute approximate surface area is 122 Å². The molecule has 0 aliphatic heterocycles. The molecule has 0 saturated heterocycles. The highest BCUT2D eigenvalue weighted by Crippen LogP contribution is 2.20. The van der Waals surface area contributed by atoms with Crippen LogP contribution in [0.25, 0.3) is 17.0 Å². The van der Waals surface area contributed by atoms with Crippen LogP contribution in [0, 0.1) is 0 Å². The molecule has 3 heteroatoms. The normalized spacial score (nSPS) is 11.1. The molecule has 0 fully saturated rings. The molecule has 0 aliphatic carbocycles. The fraction of sp³-hybridized carbons (Fsp3) is 0.0556. The zero-order valence-corrected chi connectivity index (χ0v) is 11.6. The maximum absolute atomic E-state index is 12.1. The second-order valence-corrected chi connectivity index (χ2v) is 4.62. The number of rotatable bonds is 4. The van der Waals surface area contributed by atoms with Gasteiger partial charge in [-0.15, -0.1) is 0 Å². The molecule has 0 amide bonds. The van der Waals surface area contributed by atoms with Crippen LogP contribution in [-0.2, 0) is 0 Å². The van der Waals surface area contributed by atoms with E-state index in [2.05, 4.69) is 0 Å². The number of methoxy groups -OCH3 is 1. The van der Waals surface area contributed by atoms with Gasteiger partial charge in [0.05, 0.1) is 7.11 Å². The van der Waals surface area contributed by atoms with E-state index in [1.807, 2.05) is 48.5 Å². The fourth-order valence-electron chi connectivity index (χ4n) is 2.07. The Morgan fingerprint density at radius 3 is 2.57 bits per heavy atom. The number of para-hydroxylation sites is 1. The zero-order chi connectivity index (χ0) is 14.7. The van der Waals surface area contributed by atoms with Crippen molar-refractivity contribution < 1.29 is 13.9 Å². The van der Waals surface area contributed by atoms with E-state index in [4.69, 9.17) is 9.15 Å². The van der Waals surface area contributed by atoms with Crippen molar-refractivity contribution in [1.82, 2.24) is 0 Å². The number of fused-ring (bicyclic) bond motifs is 1. The average molecular weight is 278 g/mol. The van der Waals surface area contributed by atoms with E-state index in [-0.39, 0.29) is 5.78 Å². The van der Waals surface area contributed by atoms with Crippen LogP contribution in [0.1, 0.15) is 16.1 Å². The third kappa shape index (κ3) is 2.87. The molecular weight excluding hydrogens is 264 g/mol. The Balaban J connectivity index is 1.79. The Hall–Kier alpha value is -2.81. The number of carbonyl (C=O) groups excluding carboxylic acids is 1.